The Morgan fingerprint density at radius 1 is 0.679 bits per heavy atom. The Morgan fingerprint density at radius 2 is 1.18 bits per heavy atom. The summed E-state index contributed by atoms with van der Waals surface area (Å²) in [7, 11) is 2.04. The van der Waals surface area contributed by atoms with Crippen LogP contribution < -0.4 is 9.47 Å². The zero-order valence-corrected chi connectivity index (χ0v) is 18.2. The molecule has 0 unspecified atom stereocenters. The third kappa shape index (κ3) is 8.29. The van der Waals surface area contributed by atoms with Crippen molar-refractivity contribution in [2.75, 3.05) is 18.0 Å². The minimum atomic E-state index is 1.18. The molecule has 0 spiro atoms. The molecule has 2 rings (SSSR count). The lowest BCUT2D eigenvalue weighted by Gasteiger charge is -2.25. The molecule has 0 fully saturated rings. The number of aryl methyl sites for hydroxylation is 1. The van der Waals surface area contributed by atoms with Gasteiger partial charge in [-0.1, -0.05) is 76.7 Å². The summed E-state index contributed by atoms with van der Waals surface area (Å²) in [4.78, 5) is 2.59. The molecule has 152 valence electrons. The van der Waals surface area contributed by atoms with Crippen LogP contribution in [0.1, 0.15) is 76.3 Å². The maximum absolute atomic E-state index is 2.59. The molecule has 28 heavy (non-hydrogen) atoms. The van der Waals surface area contributed by atoms with E-state index in [1.165, 1.54) is 81.3 Å². The van der Waals surface area contributed by atoms with Crippen molar-refractivity contribution < 1.29 is 4.57 Å². The number of unbranched alkanes of at least 4 members (excludes halogenated alkanes) is 6. The Hall–Kier alpha value is -2.09. The molecular weight excluding hydrogens is 340 g/mol. The van der Waals surface area contributed by atoms with Crippen LogP contribution in [0.2, 0.25) is 0 Å². The predicted molar refractivity (Wildman–Crippen MR) is 123 cm³/mol. The second-order valence-corrected chi connectivity index (χ2v) is 7.83. The standard InChI is InChI=1S/C26H39N2/c1-4-6-8-10-20-28(21-11-9-7-5-2)26-16-14-24(15-17-26)12-13-25-18-22-27(3)23-19-25/h12-19,22-23H,4-11,20-21H2,1-3H3/q+1. The molecular formula is C26H39N2+. The van der Waals surface area contributed by atoms with Gasteiger partial charge in [-0.3, -0.25) is 0 Å². The summed E-state index contributed by atoms with van der Waals surface area (Å²) in [6.07, 6.45) is 19.1. The number of pyridine rings is 1. The van der Waals surface area contributed by atoms with Crippen LogP contribution in [0.5, 0.6) is 0 Å². The Morgan fingerprint density at radius 3 is 1.68 bits per heavy atom. The van der Waals surface area contributed by atoms with Crippen molar-refractivity contribution in [3.63, 3.8) is 0 Å². The molecule has 0 aliphatic heterocycles. The highest BCUT2D eigenvalue weighted by molar-refractivity contribution is 5.70. The van der Waals surface area contributed by atoms with E-state index in [-0.39, 0.29) is 0 Å². The van der Waals surface area contributed by atoms with Gasteiger partial charge in [0.2, 0.25) is 0 Å². The second kappa shape index (κ2) is 13.1. The molecule has 0 aliphatic carbocycles. The smallest absolute Gasteiger partial charge is 0.169 e. The van der Waals surface area contributed by atoms with Crippen LogP contribution in [0.3, 0.4) is 0 Å². The fourth-order valence-corrected chi connectivity index (χ4v) is 3.44. The summed E-state index contributed by atoms with van der Waals surface area (Å²) < 4.78 is 2.06. The first kappa shape index (κ1) is 22.2. The largest absolute Gasteiger partial charge is 0.372 e. The maximum Gasteiger partial charge on any atom is 0.169 e. The normalized spacial score (nSPS) is 11.2. The molecule has 0 radical (unpaired) electrons. The molecule has 0 bridgehead atoms. The highest BCUT2D eigenvalue weighted by atomic mass is 15.1. The van der Waals surface area contributed by atoms with Crippen LogP contribution in [0.25, 0.3) is 12.2 Å². The zero-order chi connectivity index (χ0) is 20.0. The first-order chi connectivity index (χ1) is 13.7. The average Bonchev–Trinajstić information content (AvgIpc) is 2.73. The Labute approximate surface area is 172 Å². The van der Waals surface area contributed by atoms with Crippen molar-refractivity contribution in [2.45, 2.75) is 65.2 Å². The van der Waals surface area contributed by atoms with Gasteiger partial charge in [0.25, 0.3) is 0 Å². The van der Waals surface area contributed by atoms with E-state index >= 15 is 0 Å². The van der Waals surface area contributed by atoms with Gasteiger partial charge in [-0.2, -0.15) is 0 Å². The van der Waals surface area contributed by atoms with E-state index in [4.69, 9.17) is 0 Å². The lowest BCUT2D eigenvalue weighted by Crippen LogP contribution is -2.25. The van der Waals surface area contributed by atoms with Gasteiger partial charge in [0, 0.05) is 30.9 Å². The van der Waals surface area contributed by atoms with Gasteiger partial charge in [0.05, 0.1) is 0 Å². The van der Waals surface area contributed by atoms with Crippen LogP contribution in [0, 0.1) is 0 Å². The molecule has 1 aromatic heterocycles. The van der Waals surface area contributed by atoms with Crippen molar-refractivity contribution in [3.05, 3.63) is 59.9 Å². The third-order valence-electron chi connectivity index (χ3n) is 5.29. The minimum absolute atomic E-state index is 1.18. The van der Waals surface area contributed by atoms with Gasteiger partial charge < -0.3 is 4.90 Å². The molecule has 1 heterocycles. The number of hydrogen-bond donors (Lipinski definition) is 0. The van der Waals surface area contributed by atoms with Gasteiger partial charge in [-0.25, -0.2) is 4.57 Å². The van der Waals surface area contributed by atoms with E-state index in [0.29, 0.717) is 0 Å². The first-order valence-corrected chi connectivity index (χ1v) is 11.2. The molecule has 2 nitrogen and oxygen atoms in total. The van der Waals surface area contributed by atoms with Gasteiger partial charge in [-0.05, 0) is 36.1 Å². The zero-order valence-electron chi connectivity index (χ0n) is 18.2. The SMILES string of the molecule is CCCCCCN(CCCCCC)c1ccc(/C=C/c2cc[n+](C)cc2)cc1. The lowest BCUT2D eigenvalue weighted by molar-refractivity contribution is -0.671. The van der Waals surface area contributed by atoms with Gasteiger partial charge in [0.15, 0.2) is 12.4 Å². The lowest BCUT2D eigenvalue weighted by atomic mass is 10.1. The van der Waals surface area contributed by atoms with E-state index < -0.39 is 0 Å². The second-order valence-electron chi connectivity index (χ2n) is 7.83. The van der Waals surface area contributed by atoms with Gasteiger partial charge >= 0.3 is 0 Å². The molecule has 1 aromatic carbocycles. The number of nitrogens with zero attached hydrogens (tertiary/aromatic N) is 2. The maximum atomic E-state index is 2.59. The summed E-state index contributed by atoms with van der Waals surface area (Å²) in [5.74, 6) is 0. The molecule has 2 aromatic rings. The van der Waals surface area contributed by atoms with E-state index in [1.807, 2.05) is 7.05 Å². The van der Waals surface area contributed by atoms with E-state index in [2.05, 4.69) is 84.3 Å². The first-order valence-electron chi connectivity index (χ1n) is 11.2. The summed E-state index contributed by atoms with van der Waals surface area (Å²) in [6.45, 7) is 6.93. The summed E-state index contributed by atoms with van der Waals surface area (Å²) in [5.41, 5.74) is 3.86. The fourth-order valence-electron chi connectivity index (χ4n) is 3.44. The van der Waals surface area contributed by atoms with Crippen LogP contribution in [-0.2, 0) is 7.05 Å². The summed E-state index contributed by atoms with van der Waals surface area (Å²) >= 11 is 0. The molecule has 0 N–H and O–H groups in total. The molecule has 0 saturated heterocycles. The van der Waals surface area contributed by atoms with Gasteiger partial charge in [0.1, 0.15) is 7.05 Å². The highest BCUT2D eigenvalue weighted by Gasteiger charge is 2.06. The number of benzene rings is 1. The number of hydrogen-bond acceptors (Lipinski definition) is 1. The van der Waals surface area contributed by atoms with Crippen molar-refractivity contribution in [2.24, 2.45) is 7.05 Å². The number of rotatable bonds is 13. The Balaban J connectivity index is 1.96. The van der Waals surface area contributed by atoms with Crippen LogP contribution >= 0.6 is 0 Å². The topological polar surface area (TPSA) is 7.12 Å². The monoisotopic (exact) mass is 379 g/mol. The Bertz CT molecular complexity index is 659. The van der Waals surface area contributed by atoms with Crippen molar-refractivity contribution in [1.29, 1.82) is 0 Å². The van der Waals surface area contributed by atoms with E-state index in [1.54, 1.807) is 0 Å². The Kier molecular flexibility index (Phi) is 10.4. The van der Waals surface area contributed by atoms with Crippen LogP contribution in [-0.4, -0.2) is 13.1 Å². The molecule has 0 aliphatic rings. The fraction of sp³-hybridized carbons (Fsp3) is 0.500. The summed E-state index contributed by atoms with van der Waals surface area (Å²) in [6, 6.07) is 13.4. The predicted octanol–water partition coefficient (Wildman–Crippen LogP) is 6.65. The summed E-state index contributed by atoms with van der Waals surface area (Å²) in [5, 5.41) is 0. The number of aromatic nitrogens is 1. The molecule has 0 saturated carbocycles. The van der Waals surface area contributed by atoms with Crippen molar-refractivity contribution >= 4 is 17.8 Å². The molecule has 0 atom stereocenters. The van der Waals surface area contributed by atoms with E-state index in [0.717, 1.165) is 0 Å². The highest BCUT2D eigenvalue weighted by Crippen LogP contribution is 2.19. The van der Waals surface area contributed by atoms with E-state index in [9.17, 15) is 0 Å². The molecule has 2 heteroatoms. The third-order valence-corrected chi connectivity index (χ3v) is 5.29. The average molecular weight is 380 g/mol. The minimum Gasteiger partial charge on any atom is -0.372 e. The van der Waals surface area contributed by atoms with Crippen molar-refractivity contribution in [3.8, 4) is 0 Å². The molecule has 0 amide bonds. The quantitative estimate of drug-likeness (QED) is 0.279. The van der Waals surface area contributed by atoms with Crippen LogP contribution in [0.4, 0.5) is 5.69 Å². The van der Waals surface area contributed by atoms with Gasteiger partial charge in [-0.15, -0.1) is 0 Å². The van der Waals surface area contributed by atoms with Crippen LogP contribution in [0.15, 0.2) is 48.8 Å². The number of anilines is 1. The van der Waals surface area contributed by atoms with Crippen molar-refractivity contribution in [1.82, 2.24) is 0 Å².